The fraction of sp³-hybridized carbons (Fsp3) is 0.571. The van der Waals surface area contributed by atoms with Crippen LogP contribution in [0.1, 0.15) is 25.3 Å². The van der Waals surface area contributed by atoms with E-state index in [1.54, 1.807) is 0 Å². The van der Waals surface area contributed by atoms with Gasteiger partial charge in [-0.1, -0.05) is 19.1 Å². The Morgan fingerprint density at radius 3 is 2.35 bits per heavy atom. The van der Waals surface area contributed by atoms with Crippen molar-refractivity contribution in [1.29, 1.82) is 0 Å². The van der Waals surface area contributed by atoms with Crippen LogP contribution in [0.3, 0.4) is 0 Å². The summed E-state index contributed by atoms with van der Waals surface area (Å²) in [4.78, 5) is 0. The molecule has 17 heavy (non-hydrogen) atoms. The van der Waals surface area contributed by atoms with E-state index in [1.807, 2.05) is 12.1 Å². The first kappa shape index (κ1) is 14.0. The van der Waals surface area contributed by atoms with Gasteiger partial charge in [-0.2, -0.15) is 0 Å². The predicted molar refractivity (Wildman–Crippen MR) is 70.4 cm³/mol. The van der Waals surface area contributed by atoms with Crippen molar-refractivity contribution in [2.24, 2.45) is 5.73 Å². The molecule has 0 spiro atoms. The van der Waals surface area contributed by atoms with Gasteiger partial charge in [-0.05, 0) is 37.1 Å². The summed E-state index contributed by atoms with van der Waals surface area (Å²) in [5.74, 6) is 0.934. The predicted octanol–water partition coefficient (Wildman–Crippen LogP) is 2.38. The van der Waals surface area contributed by atoms with E-state index in [1.165, 1.54) is 5.56 Å². The fourth-order valence-corrected chi connectivity index (χ4v) is 1.46. The van der Waals surface area contributed by atoms with Gasteiger partial charge in [0, 0.05) is 19.6 Å². The summed E-state index contributed by atoms with van der Waals surface area (Å²) in [5, 5.41) is 0. The minimum absolute atomic E-state index is 0.695. The highest BCUT2D eigenvalue weighted by Crippen LogP contribution is 2.12. The van der Waals surface area contributed by atoms with Crippen LogP contribution in [-0.2, 0) is 11.2 Å². The topological polar surface area (TPSA) is 44.5 Å². The Bertz CT molecular complexity index is 285. The summed E-state index contributed by atoms with van der Waals surface area (Å²) >= 11 is 0. The minimum atomic E-state index is 0.695. The molecule has 0 aliphatic carbocycles. The van der Waals surface area contributed by atoms with Crippen molar-refractivity contribution in [3.63, 3.8) is 0 Å². The zero-order chi connectivity index (χ0) is 12.3. The highest BCUT2D eigenvalue weighted by atomic mass is 16.5. The molecule has 0 amide bonds. The molecule has 2 N–H and O–H groups in total. The molecule has 1 rings (SSSR count). The Kier molecular flexibility index (Phi) is 7.43. The van der Waals surface area contributed by atoms with Crippen molar-refractivity contribution in [2.45, 2.75) is 26.2 Å². The molecule has 0 saturated heterocycles. The van der Waals surface area contributed by atoms with Crippen LogP contribution < -0.4 is 10.5 Å². The molecular formula is C14H23NO2. The smallest absolute Gasteiger partial charge is 0.119 e. The largest absolute Gasteiger partial charge is 0.494 e. The van der Waals surface area contributed by atoms with Gasteiger partial charge < -0.3 is 15.2 Å². The van der Waals surface area contributed by atoms with Gasteiger partial charge in [0.2, 0.25) is 0 Å². The zero-order valence-electron chi connectivity index (χ0n) is 10.7. The number of hydrogen-bond donors (Lipinski definition) is 1. The summed E-state index contributed by atoms with van der Waals surface area (Å²) in [6, 6.07) is 8.25. The maximum absolute atomic E-state index is 5.61. The third-order valence-corrected chi connectivity index (χ3v) is 2.53. The van der Waals surface area contributed by atoms with Gasteiger partial charge in [-0.15, -0.1) is 0 Å². The molecule has 0 saturated carbocycles. The molecule has 0 atom stereocenters. The van der Waals surface area contributed by atoms with Crippen LogP contribution in [0.2, 0.25) is 0 Å². The summed E-state index contributed by atoms with van der Waals surface area (Å²) in [6.45, 7) is 5.04. The van der Waals surface area contributed by atoms with Crippen molar-refractivity contribution in [3.8, 4) is 5.75 Å². The molecular weight excluding hydrogens is 214 g/mol. The lowest BCUT2D eigenvalue weighted by Crippen LogP contribution is -2.07. The van der Waals surface area contributed by atoms with Crippen LogP contribution in [0, 0.1) is 0 Å². The first-order chi connectivity index (χ1) is 8.36. The molecule has 0 heterocycles. The van der Waals surface area contributed by atoms with Crippen LogP contribution in [0.5, 0.6) is 5.75 Å². The van der Waals surface area contributed by atoms with Crippen molar-refractivity contribution in [2.75, 3.05) is 26.4 Å². The van der Waals surface area contributed by atoms with E-state index < -0.39 is 0 Å². The van der Waals surface area contributed by atoms with Gasteiger partial charge in [0.15, 0.2) is 0 Å². The minimum Gasteiger partial charge on any atom is -0.494 e. The van der Waals surface area contributed by atoms with Crippen LogP contribution in [-0.4, -0.2) is 26.4 Å². The van der Waals surface area contributed by atoms with Gasteiger partial charge in [0.05, 0.1) is 6.61 Å². The molecule has 96 valence electrons. The molecule has 0 aliphatic rings. The van der Waals surface area contributed by atoms with Gasteiger partial charge in [0.1, 0.15) is 5.75 Å². The maximum Gasteiger partial charge on any atom is 0.119 e. The third-order valence-electron chi connectivity index (χ3n) is 2.53. The molecule has 3 heteroatoms. The fourth-order valence-electron chi connectivity index (χ4n) is 1.46. The van der Waals surface area contributed by atoms with E-state index in [-0.39, 0.29) is 0 Å². The Morgan fingerprint density at radius 1 is 1.00 bits per heavy atom. The quantitative estimate of drug-likeness (QED) is 0.671. The van der Waals surface area contributed by atoms with Gasteiger partial charge in [-0.25, -0.2) is 0 Å². The van der Waals surface area contributed by atoms with Crippen molar-refractivity contribution in [3.05, 3.63) is 29.8 Å². The number of hydrogen-bond acceptors (Lipinski definition) is 3. The van der Waals surface area contributed by atoms with Gasteiger partial charge >= 0.3 is 0 Å². The summed E-state index contributed by atoms with van der Waals surface area (Å²) in [7, 11) is 0. The Morgan fingerprint density at radius 2 is 1.71 bits per heavy atom. The van der Waals surface area contributed by atoms with E-state index in [4.69, 9.17) is 15.2 Å². The third kappa shape index (κ3) is 6.29. The second-order valence-corrected chi connectivity index (χ2v) is 3.95. The number of ether oxygens (including phenoxy) is 2. The molecule has 0 fully saturated rings. The normalized spacial score (nSPS) is 10.5. The monoisotopic (exact) mass is 237 g/mol. The Balaban J connectivity index is 2.05. The van der Waals surface area contributed by atoms with Crippen LogP contribution in [0.4, 0.5) is 0 Å². The lowest BCUT2D eigenvalue weighted by atomic mass is 10.2. The molecule has 3 nitrogen and oxygen atoms in total. The summed E-state index contributed by atoms with van der Waals surface area (Å²) < 4.78 is 11.0. The summed E-state index contributed by atoms with van der Waals surface area (Å²) in [5.41, 5.74) is 6.70. The highest BCUT2D eigenvalue weighted by Gasteiger charge is 1.94. The molecule has 0 unspecified atom stereocenters. The standard InChI is InChI=1S/C14H23NO2/c1-2-13-5-7-14(8-6-13)17-12-4-11-16-10-3-9-15/h5-8H,2-4,9-12,15H2,1H3. The molecule has 1 aromatic carbocycles. The molecule has 0 aromatic heterocycles. The average molecular weight is 237 g/mol. The number of benzene rings is 1. The van der Waals surface area contributed by atoms with Crippen LogP contribution in [0.25, 0.3) is 0 Å². The lowest BCUT2D eigenvalue weighted by Gasteiger charge is -2.07. The average Bonchev–Trinajstić information content (AvgIpc) is 2.38. The first-order valence-electron chi connectivity index (χ1n) is 6.36. The summed E-state index contributed by atoms with van der Waals surface area (Å²) in [6.07, 6.45) is 2.91. The van der Waals surface area contributed by atoms with Gasteiger partial charge in [0.25, 0.3) is 0 Å². The Hall–Kier alpha value is -1.06. The van der Waals surface area contributed by atoms with E-state index in [2.05, 4.69) is 19.1 Å². The number of aryl methyl sites for hydroxylation is 1. The zero-order valence-corrected chi connectivity index (χ0v) is 10.7. The maximum atomic E-state index is 5.61. The first-order valence-corrected chi connectivity index (χ1v) is 6.36. The van der Waals surface area contributed by atoms with E-state index >= 15 is 0 Å². The van der Waals surface area contributed by atoms with E-state index in [9.17, 15) is 0 Å². The molecule has 0 bridgehead atoms. The second kappa shape index (κ2) is 9.02. The lowest BCUT2D eigenvalue weighted by molar-refractivity contribution is 0.118. The molecule has 0 radical (unpaired) electrons. The van der Waals surface area contributed by atoms with E-state index in [0.717, 1.165) is 38.2 Å². The molecule has 1 aromatic rings. The SMILES string of the molecule is CCc1ccc(OCCCOCCCN)cc1. The number of nitrogens with two attached hydrogens (primary N) is 1. The van der Waals surface area contributed by atoms with Gasteiger partial charge in [-0.3, -0.25) is 0 Å². The second-order valence-electron chi connectivity index (χ2n) is 3.95. The van der Waals surface area contributed by atoms with Crippen LogP contribution >= 0.6 is 0 Å². The van der Waals surface area contributed by atoms with Crippen molar-refractivity contribution in [1.82, 2.24) is 0 Å². The Labute approximate surface area is 104 Å². The van der Waals surface area contributed by atoms with Crippen molar-refractivity contribution >= 4 is 0 Å². The van der Waals surface area contributed by atoms with E-state index in [0.29, 0.717) is 13.2 Å². The number of rotatable bonds is 9. The highest BCUT2D eigenvalue weighted by molar-refractivity contribution is 5.27. The van der Waals surface area contributed by atoms with Crippen molar-refractivity contribution < 1.29 is 9.47 Å². The molecule has 0 aliphatic heterocycles. The van der Waals surface area contributed by atoms with Crippen LogP contribution in [0.15, 0.2) is 24.3 Å².